The van der Waals surface area contributed by atoms with Crippen LogP contribution in [0.25, 0.3) is 0 Å². The molecular formula is C6H7NO3. The number of ether oxygens (including phenoxy) is 1. The van der Waals surface area contributed by atoms with Crippen LogP contribution in [0.4, 0.5) is 4.79 Å². The lowest BCUT2D eigenvalue weighted by molar-refractivity contribution is -0.115. The quantitative estimate of drug-likeness (QED) is 0.419. The Morgan fingerprint density at radius 3 is 2.70 bits per heavy atom. The van der Waals surface area contributed by atoms with E-state index in [-0.39, 0.29) is 0 Å². The van der Waals surface area contributed by atoms with Crippen LogP contribution in [0, 0.1) is 0 Å². The van der Waals surface area contributed by atoms with Crippen molar-refractivity contribution in [3.8, 4) is 0 Å². The normalized spacial score (nSPS) is 7.30. The molecule has 0 atom stereocenters. The number of hydrogen-bond acceptors (Lipinski definition) is 3. The van der Waals surface area contributed by atoms with Crippen molar-refractivity contribution < 1.29 is 14.3 Å². The number of carbonyl (C=O) groups is 2. The fraction of sp³-hybridized carbons (Fsp3) is 0.167. The molecule has 0 saturated carbocycles. The van der Waals surface area contributed by atoms with Crippen molar-refractivity contribution in [1.29, 1.82) is 0 Å². The average molecular weight is 141 g/mol. The lowest BCUT2D eigenvalue weighted by Gasteiger charge is -1.95. The van der Waals surface area contributed by atoms with E-state index in [0.29, 0.717) is 0 Å². The lowest BCUT2D eigenvalue weighted by atomic mass is 10.5. The highest BCUT2D eigenvalue weighted by atomic mass is 16.5. The molecule has 2 amide bonds. The average Bonchev–Trinajstić information content (AvgIpc) is 1.88. The molecular weight excluding hydrogens is 134 g/mol. The Hall–Kier alpha value is -1.54. The van der Waals surface area contributed by atoms with Crippen molar-refractivity contribution in [2.75, 3.05) is 7.11 Å². The van der Waals surface area contributed by atoms with Gasteiger partial charge in [-0.05, 0) is 0 Å². The molecule has 0 aliphatic rings. The molecule has 0 aromatic rings. The minimum atomic E-state index is -0.795. The summed E-state index contributed by atoms with van der Waals surface area (Å²) in [4.78, 5) is 20.7. The van der Waals surface area contributed by atoms with Crippen molar-refractivity contribution in [3.05, 3.63) is 18.4 Å². The maximum Gasteiger partial charge on any atom is 0.413 e. The standard InChI is InChI=1S/C6H7NO3/c1-3-4-5(8)7-6(9)10-2/h4H,1H2,2H3,(H,7,8,9). The number of imide groups is 1. The van der Waals surface area contributed by atoms with E-state index >= 15 is 0 Å². The summed E-state index contributed by atoms with van der Waals surface area (Å²) in [5.74, 6) is -0.596. The third kappa shape index (κ3) is 3.46. The van der Waals surface area contributed by atoms with Gasteiger partial charge in [-0.15, -0.1) is 5.73 Å². The first-order valence-electron chi connectivity index (χ1n) is 2.45. The van der Waals surface area contributed by atoms with Crippen LogP contribution in [0.15, 0.2) is 18.4 Å². The lowest BCUT2D eigenvalue weighted by Crippen LogP contribution is -2.28. The van der Waals surface area contributed by atoms with Gasteiger partial charge in [0.2, 0.25) is 0 Å². The van der Waals surface area contributed by atoms with Crippen molar-refractivity contribution in [2.45, 2.75) is 0 Å². The first-order valence-corrected chi connectivity index (χ1v) is 2.45. The number of methoxy groups -OCH3 is 1. The molecule has 1 N–H and O–H groups in total. The van der Waals surface area contributed by atoms with E-state index in [1.54, 1.807) is 0 Å². The summed E-state index contributed by atoms with van der Waals surface area (Å²) in [6, 6.07) is 0. The predicted octanol–water partition coefficient (Wildman–Crippen LogP) is 0.210. The SMILES string of the molecule is C=C=CC(=O)NC(=O)OC. The number of carbonyl (C=O) groups excluding carboxylic acids is 2. The van der Waals surface area contributed by atoms with Gasteiger partial charge >= 0.3 is 6.09 Å². The van der Waals surface area contributed by atoms with Gasteiger partial charge in [-0.3, -0.25) is 10.1 Å². The zero-order valence-electron chi connectivity index (χ0n) is 5.51. The molecule has 0 aromatic carbocycles. The first kappa shape index (κ1) is 8.46. The molecule has 0 radical (unpaired) electrons. The summed E-state index contributed by atoms with van der Waals surface area (Å²) in [6.07, 6.45) is 0.202. The maximum atomic E-state index is 10.4. The van der Waals surface area contributed by atoms with Crippen LogP contribution >= 0.6 is 0 Å². The fourth-order valence-corrected chi connectivity index (χ4v) is 0.280. The zero-order chi connectivity index (χ0) is 7.98. The molecule has 0 rings (SSSR count). The Kier molecular flexibility index (Phi) is 3.68. The van der Waals surface area contributed by atoms with E-state index < -0.39 is 12.0 Å². The van der Waals surface area contributed by atoms with Crippen molar-refractivity contribution >= 4 is 12.0 Å². The van der Waals surface area contributed by atoms with E-state index in [1.165, 1.54) is 7.11 Å². The van der Waals surface area contributed by atoms with E-state index in [0.717, 1.165) is 6.08 Å². The van der Waals surface area contributed by atoms with Gasteiger partial charge in [0.25, 0.3) is 5.91 Å². The van der Waals surface area contributed by atoms with Crippen LogP contribution < -0.4 is 5.32 Å². The highest BCUT2D eigenvalue weighted by molar-refractivity contribution is 5.98. The number of alkyl carbamates (subject to hydrolysis) is 1. The van der Waals surface area contributed by atoms with Crippen LogP contribution in [0.3, 0.4) is 0 Å². The third-order valence-corrected chi connectivity index (χ3v) is 0.644. The number of amides is 2. The van der Waals surface area contributed by atoms with Gasteiger partial charge in [0.15, 0.2) is 0 Å². The van der Waals surface area contributed by atoms with Crippen LogP contribution in [0.5, 0.6) is 0 Å². The Morgan fingerprint density at radius 1 is 1.70 bits per heavy atom. The summed E-state index contributed by atoms with van der Waals surface area (Å²) >= 11 is 0. The van der Waals surface area contributed by atoms with E-state index in [2.05, 4.69) is 17.0 Å². The predicted molar refractivity (Wildman–Crippen MR) is 34.3 cm³/mol. The van der Waals surface area contributed by atoms with Gasteiger partial charge in [-0.25, -0.2) is 4.79 Å². The van der Waals surface area contributed by atoms with Gasteiger partial charge < -0.3 is 4.74 Å². The molecule has 0 aliphatic heterocycles. The second-order valence-electron chi connectivity index (χ2n) is 1.33. The molecule has 0 unspecified atom stereocenters. The second-order valence-corrected chi connectivity index (χ2v) is 1.33. The zero-order valence-corrected chi connectivity index (χ0v) is 5.51. The molecule has 0 spiro atoms. The van der Waals surface area contributed by atoms with Crippen LogP contribution in [-0.2, 0) is 9.53 Å². The summed E-state index contributed by atoms with van der Waals surface area (Å²) in [7, 11) is 1.17. The topological polar surface area (TPSA) is 55.4 Å². The highest BCUT2D eigenvalue weighted by Gasteiger charge is 2.01. The smallest absolute Gasteiger partial charge is 0.413 e. The molecule has 4 heteroatoms. The Morgan fingerprint density at radius 2 is 2.30 bits per heavy atom. The molecule has 0 saturated heterocycles. The summed E-state index contributed by atoms with van der Waals surface area (Å²) in [6.45, 7) is 3.14. The summed E-state index contributed by atoms with van der Waals surface area (Å²) < 4.78 is 4.13. The largest absolute Gasteiger partial charge is 0.453 e. The third-order valence-electron chi connectivity index (χ3n) is 0.644. The van der Waals surface area contributed by atoms with Crippen molar-refractivity contribution in [2.24, 2.45) is 0 Å². The van der Waals surface area contributed by atoms with Crippen LogP contribution in [-0.4, -0.2) is 19.1 Å². The highest BCUT2D eigenvalue weighted by Crippen LogP contribution is 1.72. The summed E-state index contributed by atoms with van der Waals surface area (Å²) in [5, 5.41) is 1.87. The molecule has 0 aliphatic carbocycles. The second kappa shape index (κ2) is 4.35. The van der Waals surface area contributed by atoms with Gasteiger partial charge in [0.05, 0.1) is 7.11 Å². The van der Waals surface area contributed by atoms with Gasteiger partial charge in [0, 0.05) is 6.08 Å². The summed E-state index contributed by atoms with van der Waals surface area (Å²) in [5.41, 5.74) is 2.20. The van der Waals surface area contributed by atoms with Crippen molar-refractivity contribution in [1.82, 2.24) is 5.32 Å². The molecule has 4 nitrogen and oxygen atoms in total. The molecule has 54 valence electrons. The molecule has 0 fully saturated rings. The Balaban J connectivity index is 3.79. The van der Waals surface area contributed by atoms with Crippen LogP contribution in [0.1, 0.15) is 0 Å². The van der Waals surface area contributed by atoms with E-state index in [1.807, 2.05) is 5.32 Å². The molecule has 0 heterocycles. The molecule has 10 heavy (non-hydrogen) atoms. The van der Waals surface area contributed by atoms with Gasteiger partial charge in [-0.1, -0.05) is 6.58 Å². The number of nitrogens with one attached hydrogen (secondary N) is 1. The van der Waals surface area contributed by atoms with E-state index in [9.17, 15) is 9.59 Å². The molecule has 0 bridgehead atoms. The minimum Gasteiger partial charge on any atom is -0.453 e. The monoisotopic (exact) mass is 141 g/mol. The number of rotatable bonds is 1. The van der Waals surface area contributed by atoms with E-state index in [4.69, 9.17) is 0 Å². The van der Waals surface area contributed by atoms with Gasteiger partial charge in [0.1, 0.15) is 0 Å². The first-order chi connectivity index (χ1) is 4.70. The fourth-order valence-electron chi connectivity index (χ4n) is 0.280. The number of hydrogen-bond donors (Lipinski definition) is 1. The van der Waals surface area contributed by atoms with Gasteiger partial charge in [-0.2, -0.15) is 0 Å². The minimum absolute atomic E-state index is 0.596. The Labute approximate surface area is 58.2 Å². The Bertz CT molecular complexity index is 191. The van der Waals surface area contributed by atoms with Crippen molar-refractivity contribution in [3.63, 3.8) is 0 Å². The maximum absolute atomic E-state index is 10.4. The molecule has 0 aromatic heterocycles. The van der Waals surface area contributed by atoms with Crippen LogP contribution in [0.2, 0.25) is 0 Å².